The van der Waals surface area contributed by atoms with Crippen LogP contribution in [-0.2, 0) is 6.42 Å². The number of furan rings is 1. The van der Waals surface area contributed by atoms with Gasteiger partial charge in [-0.1, -0.05) is 66.7 Å². The van der Waals surface area contributed by atoms with Crippen molar-refractivity contribution in [3.05, 3.63) is 131 Å². The maximum Gasteiger partial charge on any atom is 0.251 e. The highest BCUT2D eigenvalue weighted by atomic mass is 16.3. The van der Waals surface area contributed by atoms with Crippen LogP contribution in [0.25, 0.3) is 0 Å². The minimum Gasteiger partial charge on any atom is -0.467 e. The van der Waals surface area contributed by atoms with Crippen molar-refractivity contribution in [1.82, 2.24) is 16.0 Å². The number of amides is 2. The van der Waals surface area contributed by atoms with Gasteiger partial charge in [0.25, 0.3) is 11.8 Å². The zero-order valence-corrected chi connectivity index (χ0v) is 22.2. The van der Waals surface area contributed by atoms with Crippen molar-refractivity contribution < 1.29 is 19.1 Å². The minimum absolute atomic E-state index is 0.0349. The summed E-state index contributed by atoms with van der Waals surface area (Å²) in [6.45, 7) is 4.16. The Labute approximate surface area is 229 Å². The van der Waals surface area contributed by atoms with E-state index in [1.807, 2.05) is 74.5 Å². The van der Waals surface area contributed by atoms with Crippen molar-refractivity contribution in [3.63, 3.8) is 0 Å². The SMILES string of the molecule is CC(NC(=O)c1cccc(C(=O)N[C@@H](Cc2ccccc2)[C@H](O)CN[C@@H](C)c2ccccc2)c1)c1ccco1. The van der Waals surface area contributed by atoms with E-state index < -0.39 is 12.1 Å². The summed E-state index contributed by atoms with van der Waals surface area (Å²) >= 11 is 0. The van der Waals surface area contributed by atoms with Gasteiger partial charge in [-0.3, -0.25) is 9.59 Å². The lowest BCUT2D eigenvalue weighted by Gasteiger charge is -2.26. The second-order valence-electron chi connectivity index (χ2n) is 9.67. The van der Waals surface area contributed by atoms with E-state index in [0.29, 0.717) is 29.9 Å². The van der Waals surface area contributed by atoms with Crippen LogP contribution < -0.4 is 16.0 Å². The fourth-order valence-electron chi connectivity index (χ4n) is 4.39. The number of hydrogen-bond donors (Lipinski definition) is 4. The predicted molar refractivity (Wildman–Crippen MR) is 151 cm³/mol. The van der Waals surface area contributed by atoms with Crippen LogP contribution in [0.4, 0.5) is 0 Å². The molecule has 39 heavy (non-hydrogen) atoms. The first-order valence-electron chi connectivity index (χ1n) is 13.2. The molecule has 1 heterocycles. The molecule has 0 saturated carbocycles. The van der Waals surface area contributed by atoms with Crippen molar-refractivity contribution in [2.75, 3.05) is 6.54 Å². The highest BCUT2D eigenvalue weighted by molar-refractivity contribution is 5.99. The Balaban J connectivity index is 1.44. The number of rotatable bonds is 12. The number of hydrogen-bond acceptors (Lipinski definition) is 5. The van der Waals surface area contributed by atoms with Crippen LogP contribution >= 0.6 is 0 Å². The molecule has 1 aromatic heterocycles. The Morgan fingerprint density at radius 2 is 1.41 bits per heavy atom. The molecule has 4 aromatic rings. The van der Waals surface area contributed by atoms with E-state index >= 15 is 0 Å². The smallest absolute Gasteiger partial charge is 0.251 e. The lowest BCUT2D eigenvalue weighted by atomic mass is 9.99. The molecule has 4 N–H and O–H groups in total. The van der Waals surface area contributed by atoms with E-state index in [4.69, 9.17) is 4.42 Å². The molecule has 0 aliphatic rings. The summed E-state index contributed by atoms with van der Waals surface area (Å²) in [6, 6.07) is 29.0. The highest BCUT2D eigenvalue weighted by Crippen LogP contribution is 2.15. The van der Waals surface area contributed by atoms with E-state index in [1.54, 1.807) is 42.7 Å². The first-order chi connectivity index (χ1) is 18.9. The molecule has 4 rings (SSSR count). The third-order valence-corrected chi connectivity index (χ3v) is 6.72. The maximum absolute atomic E-state index is 13.3. The van der Waals surface area contributed by atoms with Crippen LogP contribution in [0.15, 0.2) is 108 Å². The molecule has 0 bridgehead atoms. The topological polar surface area (TPSA) is 104 Å². The molecule has 0 fully saturated rings. The maximum atomic E-state index is 13.3. The minimum atomic E-state index is -0.846. The van der Waals surface area contributed by atoms with E-state index in [1.165, 1.54) is 0 Å². The van der Waals surface area contributed by atoms with Crippen molar-refractivity contribution in [3.8, 4) is 0 Å². The Bertz CT molecular complexity index is 1330. The van der Waals surface area contributed by atoms with Gasteiger partial charge in [0.15, 0.2) is 0 Å². The number of carbonyl (C=O) groups is 2. The molecule has 0 spiro atoms. The van der Waals surface area contributed by atoms with E-state index in [9.17, 15) is 14.7 Å². The number of carbonyl (C=O) groups excluding carboxylic acids is 2. The van der Waals surface area contributed by atoms with Gasteiger partial charge in [-0.15, -0.1) is 0 Å². The van der Waals surface area contributed by atoms with E-state index in [2.05, 4.69) is 16.0 Å². The fraction of sp³-hybridized carbons (Fsp3) is 0.250. The normalized spacial score (nSPS) is 14.1. The molecule has 4 atom stereocenters. The standard InChI is InChI=1S/C32H35N3O4/c1-22(25-13-7-4-8-14-25)33-21-29(36)28(19-24-11-5-3-6-12-24)35-32(38)27-16-9-15-26(20-27)31(37)34-23(2)30-17-10-18-39-30/h3-18,20,22-23,28-29,33,36H,19,21H2,1-2H3,(H,34,37)(H,35,38)/t22-,23?,28-,29+/m0/s1. The van der Waals surface area contributed by atoms with Crippen LogP contribution in [0.1, 0.15) is 63.5 Å². The molecule has 0 saturated heterocycles. The fourth-order valence-corrected chi connectivity index (χ4v) is 4.39. The summed E-state index contributed by atoms with van der Waals surface area (Å²) in [7, 11) is 0. The van der Waals surface area contributed by atoms with Crippen molar-refractivity contribution in [2.24, 2.45) is 0 Å². The van der Waals surface area contributed by atoms with Crippen LogP contribution in [0.3, 0.4) is 0 Å². The molecular formula is C32H35N3O4. The van der Waals surface area contributed by atoms with Gasteiger partial charge >= 0.3 is 0 Å². The van der Waals surface area contributed by atoms with Gasteiger partial charge < -0.3 is 25.5 Å². The summed E-state index contributed by atoms with van der Waals surface area (Å²) in [5.41, 5.74) is 2.81. The van der Waals surface area contributed by atoms with Gasteiger partial charge in [0.2, 0.25) is 0 Å². The largest absolute Gasteiger partial charge is 0.467 e. The highest BCUT2D eigenvalue weighted by Gasteiger charge is 2.24. The first-order valence-corrected chi connectivity index (χ1v) is 13.2. The van der Waals surface area contributed by atoms with Gasteiger partial charge in [-0.2, -0.15) is 0 Å². The average molecular weight is 526 g/mol. The number of aliphatic hydroxyl groups is 1. The Hall–Kier alpha value is -4.20. The van der Waals surface area contributed by atoms with Crippen LogP contribution in [0, 0.1) is 0 Å². The third-order valence-electron chi connectivity index (χ3n) is 6.72. The predicted octanol–water partition coefficient (Wildman–Crippen LogP) is 4.82. The van der Waals surface area contributed by atoms with Crippen molar-refractivity contribution in [1.29, 1.82) is 0 Å². The van der Waals surface area contributed by atoms with Crippen molar-refractivity contribution >= 4 is 11.8 Å². The van der Waals surface area contributed by atoms with Crippen LogP contribution in [-0.4, -0.2) is 35.6 Å². The lowest BCUT2D eigenvalue weighted by Crippen LogP contribution is -2.49. The van der Waals surface area contributed by atoms with Crippen molar-refractivity contribution in [2.45, 2.75) is 44.5 Å². The zero-order valence-electron chi connectivity index (χ0n) is 22.2. The molecule has 0 aliphatic heterocycles. The summed E-state index contributed by atoms with van der Waals surface area (Å²) in [5.74, 6) is -0.0291. The summed E-state index contributed by atoms with van der Waals surface area (Å²) in [6.07, 6.45) is 1.16. The Morgan fingerprint density at radius 1 is 0.769 bits per heavy atom. The number of aliphatic hydroxyl groups excluding tert-OH is 1. The van der Waals surface area contributed by atoms with Gasteiger partial charge in [0.05, 0.1) is 24.5 Å². The summed E-state index contributed by atoms with van der Waals surface area (Å²) < 4.78 is 5.36. The molecule has 0 aliphatic carbocycles. The molecule has 1 unspecified atom stereocenters. The van der Waals surface area contributed by atoms with Gasteiger partial charge in [-0.25, -0.2) is 0 Å². The Kier molecular flexibility index (Phi) is 9.67. The lowest BCUT2D eigenvalue weighted by molar-refractivity contribution is 0.0825. The molecule has 0 radical (unpaired) electrons. The molecule has 202 valence electrons. The molecule has 7 heteroatoms. The monoisotopic (exact) mass is 525 g/mol. The van der Waals surface area contributed by atoms with E-state index in [0.717, 1.165) is 11.1 Å². The summed E-state index contributed by atoms with van der Waals surface area (Å²) in [4.78, 5) is 26.1. The van der Waals surface area contributed by atoms with Gasteiger partial charge in [0.1, 0.15) is 5.76 Å². The molecule has 7 nitrogen and oxygen atoms in total. The second kappa shape index (κ2) is 13.6. The quantitative estimate of drug-likeness (QED) is 0.212. The third kappa shape index (κ3) is 7.89. The number of nitrogens with one attached hydrogen (secondary N) is 3. The van der Waals surface area contributed by atoms with E-state index in [-0.39, 0.29) is 23.9 Å². The van der Waals surface area contributed by atoms with Crippen LogP contribution in [0.2, 0.25) is 0 Å². The number of benzene rings is 3. The average Bonchev–Trinajstić information content (AvgIpc) is 3.52. The van der Waals surface area contributed by atoms with Gasteiger partial charge in [-0.05, 0) is 61.7 Å². The molecule has 2 amide bonds. The molecular weight excluding hydrogens is 490 g/mol. The first kappa shape index (κ1) is 27.8. The second-order valence-corrected chi connectivity index (χ2v) is 9.67. The van der Waals surface area contributed by atoms with Gasteiger partial charge in [0, 0.05) is 23.7 Å². The zero-order chi connectivity index (χ0) is 27.6. The summed E-state index contributed by atoms with van der Waals surface area (Å²) in [5, 5.41) is 20.4. The van der Waals surface area contributed by atoms with Crippen LogP contribution in [0.5, 0.6) is 0 Å². The molecule has 3 aromatic carbocycles. The Morgan fingerprint density at radius 3 is 2.05 bits per heavy atom.